The average Bonchev–Trinajstić information content (AvgIpc) is 2.81. The average molecular weight is 334 g/mol. The molecule has 0 saturated carbocycles. The maximum Gasteiger partial charge on any atom is 0.0564 e. The van der Waals surface area contributed by atoms with Gasteiger partial charge in [-0.05, 0) is 51.3 Å². The van der Waals surface area contributed by atoms with Crippen molar-refractivity contribution in [2.45, 2.75) is 45.2 Å². The van der Waals surface area contributed by atoms with E-state index >= 15 is 0 Å². The van der Waals surface area contributed by atoms with Gasteiger partial charge < -0.3 is 4.98 Å². The van der Waals surface area contributed by atoms with E-state index in [4.69, 9.17) is 5.10 Å². The first kappa shape index (κ1) is 13.7. The van der Waals surface area contributed by atoms with E-state index in [-0.39, 0.29) is 0 Å². The van der Waals surface area contributed by atoms with Crippen LogP contribution in [0.4, 0.5) is 0 Å². The Bertz CT molecular complexity index is 622. The number of rotatable bonds is 2. The van der Waals surface area contributed by atoms with Crippen LogP contribution >= 0.6 is 15.9 Å². The molecule has 2 aromatic rings. The van der Waals surface area contributed by atoms with Crippen LogP contribution in [0.1, 0.15) is 38.7 Å². The number of H-pyrrole nitrogens is 1. The summed E-state index contributed by atoms with van der Waals surface area (Å²) in [5, 5.41) is 8.20. The number of halogens is 1. The van der Waals surface area contributed by atoms with Gasteiger partial charge in [-0.3, -0.25) is 5.01 Å². The van der Waals surface area contributed by atoms with Crippen molar-refractivity contribution in [3.8, 4) is 0 Å². The Balaban J connectivity index is 1.88. The number of piperidine rings is 1. The summed E-state index contributed by atoms with van der Waals surface area (Å²) in [6, 6.07) is 7.34. The predicted molar refractivity (Wildman–Crippen MR) is 88.2 cm³/mol. The topological polar surface area (TPSA) is 31.4 Å². The summed E-state index contributed by atoms with van der Waals surface area (Å²) in [6.07, 6.45) is 7.81. The molecular formula is C16H20BrN3. The van der Waals surface area contributed by atoms with E-state index in [1.807, 2.05) is 12.4 Å². The molecule has 0 spiro atoms. The van der Waals surface area contributed by atoms with Gasteiger partial charge in [0.25, 0.3) is 0 Å². The second-order valence-electron chi connectivity index (χ2n) is 5.69. The van der Waals surface area contributed by atoms with Crippen LogP contribution in [0.5, 0.6) is 0 Å². The molecule has 4 heteroatoms. The van der Waals surface area contributed by atoms with E-state index in [1.54, 1.807) is 0 Å². The van der Waals surface area contributed by atoms with Gasteiger partial charge >= 0.3 is 0 Å². The summed E-state index contributed by atoms with van der Waals surface area (Å²) in [5.41, 5.74) is 2.29. The Morgan fingerprint density at radius 3 is 2.80 bits per heavy atom. The van der Waals surface area contributed by atoms with Crippen LogP contribution in [0.15, 0.2) is 34.0 Å². The SMILES string of the molecule is CC1CCCC(C)N1/N=C/c1c[nH]c2ccc(Br)cc12. The quantitative estimate of drug-likeness (QED) is 0.804. The van der Waals surface area contributed by atoms with Crippen molar-refractivity contribution < 1.29 is 0 Å². The van der Waals surface area contributed by atoms with Gasteiger partial charge in [0.2, 0.25) is 0 Å². The molecule has 0 radical (unpaired) electrons. The lowest BCUT2D eigenvalue weighted by Gasteiger charge is -2.36. The molecule has 2 unspecified atom stereocenters. The van der Waals surface area contributed by atoms with Gasteiger partial charge in [0.1, 0.15) is 0 Å². The maximum atomic E-state index is 4.74. The predicted octanol–water partition coefficient (Wildman–Crippen LogP) is 4.53. The molecule has 20 heavy (non-hydrogen) atoms. The molecule has 106 valence electrons. The standard InChI is InChI=1S/C16H20BrN3/c1-11-4-3-5-12(2)20(11)19-10-13-9-18-16-7-6-14(17)8-15(13)16/h6-12,18H,3-5H2,1-2H3/b19-10+. The zero-order valence-corrected chi connectivity index (χ0v) is 13.5. The molecule has 1 N–H and O–H groups in total. The molecule has 2 atom stereocenters. The first-order chi connectivity index (χ1) is 9.65. The number of hydrogen-bond donors (Lipinski definition) is 1. The Morgan fingerprint density at radius 1 is 1.30 bits per heavy atom. The van der Waals surface area contributed by atoms with Crippen molar-refractivity contribution in [2.75, 3.05) is 0 Å². The van der Waals surface area contributed by atoms with E-state index in [9.17, 15) is 0 Å². The highest BCUT2D eigenvalue weighted by Crippen LogP contribution is 2.24. The second-order valence-corrected chi connectivity index (χ2v) is 6.60. The summed E-state index contributed by atoms with van der Waals surface area (Å²) in [4.78, 5) is 3.29. The van der Waals surface area contributed by atoms with Crippen molar-refractivity contribution in [3.63, 3.8) is 0 Å². The van der Waals surface area contributed by atoms with Gasteiger partial charge in [0.15, 0.2) is 0 Å². The van der Waals surface area contributed by atoms with Crippen LogP contribution in [0, 0.1) is 0 Å². The summed E-state index contributed by atoms with van der Waals surface area (Å²) in [6.45, 7) is 4.53. The molecule has 1 fully saturated rings. The Labute approximate surface area is 128 Å². The van der Waals surface area contributed by atoms with E-state index in [0.717, 1.165) is 15.6 Å². The maximum absolute atomic E-state index is 4.74. The van der Waals surface area contributed by atoms with E-state index < -0.39 is 0 Å². The number of fused-ring (bicyclic) bond motifs is 1. The zero-order valence-electron chi connectivity index (χ0n) is 11.9. The number of aromatic nitrogens is 1. The molecule has 1 aliphatic heterocycles. The summed E-state index contributed by atoms with van der Waals surface area (Å²) >= 11 is 3.53. The lowest BCUT2D eigenvalue weighted by Crippen LogP contribution is -2.39. The molecule has 1 aromatic carbocycles. The lowest BCUT2D eigenvalue weighted by molar-refractivity contribution is 0.109. The van der Waals surface area contributed by atoms with E-state index in [2.05, 4.69) is 58.0 Å². The number of aromatic amines is 1. The third kappa shape index (κ3) is 2.62. The third-order valence-electron chi connectivity index (χ3n) is 4.15. The monoisotopic (exact) mass is 333 g/mol. The highest BCUT2D eigenvalue weighted by atomic mass is 79.9. The molecule has 1 saturated heterocycles. The molecule has 0 bridgehead atoms. The minimum absolute atomic E-state index is 0.534. The largest absolute Gasteiger partial charge is 0.361 e. The molecule has 1 aromatic heterocycles. The Morgan fingerprint density at radius 2 is 2.05 bits per heavy atom. The summed E-state index contributed by atoms with van der Waals surface area (Å²) in [5.74, 6) is 0. The zero-order chi connectivity index (χ0) is 14.1. The number of benzene rings is 1. The fraction of sp³-hybridized carbons (Fsp3) is 0.438. The third-order valence-corrected chi connectivity index (χ3v) is 4.65. The minimum atomic E-state index is 0.534. The van der Waals surface area contributed by atoms with Crippen LogP contribution in [0.25, 0.3) is 10.9 Å². The lowest BCUT2D eigenvalue weighted by atomic mass is 10.00. The number of nitrogens with one attached hydrogen (secondary N) is 1. The molecule has 2 heterocycles. The fourth-order valence-electron chi connectivity index (χ4n) is 2.99. The number of nitrogens with zero attached hydrogens (tertiary/aromatic N) is 2. The number of hydrazone groups is 1. The van der Waals surface area contributed by atoms with Gasteiger partial charge in [0.05, 0.1) is 6.21 Å². The molecule has 1 aliphatic rings. The van der Waals surface area contributed by atoms with Crippen molar-refractivity contribution in [1.29, 1.82) is 0 Å². The summed E-state index contributed by atoms with van der Waals surface area (Å²) in [7, 11) is 0. The van der Waals surface area contributed by atoms with Gasteiger partial charge in [-0.1, -0.05) is 15.9 Å². The van der Waals surface area contributed by atoms with Gasteiger partial charge in [-0.25, -0.2) is 0 Å². The van der Waals surface area contributed by atoms with E-state index in [0.29, 0.717) is 12.1 Å². The minimum Gasteiger partial charge on any atom is -0.361 e. The van der Waals surface area contributed by atoms with Crippen molar-refractivity contribution in [2.24, 2.45) is 5.10 Å². The molecule has 3 nitrogen and oxygen atoms in total. The first-order valence-electron chi connectivity index (χ1n) is 7.24. The smallest absolute Gasteiger partial charge is 0.0564 e. The van der Waals surface area contributed by atoms with Gasteiger partial charge in [-0.15, -0.1) is 0 Å². The molecule has 0 aliphatic carbocycles. The first-order valence-corrected chi connectivity index (χ1v) is 8.03. The second kappa shape index (κ2) is 5.60. The van der Waals surface area contributed by atoms with Crippen LogP contribution in [0.3, 0.4) is 0 Å². The molecule has 0 amide bonds. The number of hydrogen-bond acceptors (Lipinski definition) is 2. The van der Waals surface area contributed by atoms with E-state index in [1.165, 1.54) is 24.6 Å². The van der Waals surface area contributed by atoms with Crippen LogP contribution in [-0.4, -0.2) is 28.3 Å². The van der Waals surface area contributed by atoms with Crippen molar-refractivity contribution >= 4 is 33.0 Å². The molecular weight excluding hydrogens is 314 g/mol. The van der Waals surface area contributed by atoms with Crippen molar-refractivity contribution in [3.05, 3.63) is 34.4 Å². The van der Waals surface area contributed by atoms with Crippen LogP contribution < -0.4 is 0 Å². The van der Waals surface area contributed by atoms with Crippen LogP contribution in [0.2, 0.25) is 0 Å². The highest BCUT2D eigenvalue weighted by Gasteiger charge is 2.22. The van der Waals surface area contributed by atoms with Gasteiger partial charge in [0, 0.05) is 39.2 Å². The Kier molecular flexibility index (Phi) is 3.83. The van der Waals surface area contributed by atoms with Crippen molar-refractivity contribution in [1.82, 2.24) is 9.99 Å². The summed E-state index contributed by atoms with van der Waals surface area (Å²) < 4.78 is 1.10. The normalized spacial score (nSPS) is 23.9. The van der Waals surface area contributed by atoms with Gasteiger partial charge in [-0.2, -0.15) is 5.10 Å². The molecule has 3 rings (SSSR count). The Hall–Kier alpha value is -1.29. The van der Waals surface area contributed by atoms with Crippen LogP contribution in [-0.2, 0) is 0 Å². The highest BCUT2D eigenvalue weighted by molar-refractivity contribution is 9.10. The fourth-order valence-corrected chi connectivity index (χ4v) is 3.35.